The largest absolute Gasteiger partial charge is 0.573 e. The van der Waals surface area contributed by atoms with E-state index < -0.39 is 23.7 Å². The van der Waals surface area contributed by atoms with E-state index >= 15 is 0 Å². The molecule has 164 valence electrons. The normalized spacial score (nSPS) is 11.2. The number of benzene rings is 3. The van der Waals surface area contributed by atoms with E-state index in [0.29, 0.717) is 5.75 Å². The molecule has 4 nitrogen and oxygen atoms in total. The standard InChI is InChI=1S/C25H19F3O4/c1-24(2,16-15-18-9-5-3-6-10-18)31-22-17-19(13-14-21(22)32-25(26,27)28)23(29)30-20-11-7-4-8-12-20/h3-14,17H,1-2H3. The summed E-state index contributed by atoms with van der Waals surface area (Å²) in [5, 5.41) is 0. The smallest absolute Gasteiger partial charge is 0.471 e. The summed E-state index contributed by atoms with van der Waals surface area (Å²) in [7, 11) is 0. The third kappa shape index (κ3) is 6.81. The Bertz CT molecular complexity index is 1130. The molecule has 0 N–H and O–H groups in total. The molecule has 0 aliphatic rings. The third-order valence-electron chi connectivity index (χ3n) is 4.01. The number of alkyl halides is 3. The zero-order chi connectivity index (χ0) is 23.2. The van der Waals surface area contributed by atoms with Gasteiger partial charge in [0.25, 0.3) is 0 Å². The lowest BCUT2D eigenvalue weighted by Crippen LogP contribution is -2.27. The minimum Gasteiger partial charge on any atom is -0.471 e. The topological polar surface area (TPSA) is 44.8 Å². The van der Waals surface area contributed by atoms with Crippen molar-refractivity contribution in [3.05, 3.63) is 90.0 Å². The van der Waals surface area contributed by atoms with Crippen LogP contribution in [0.3, 0.4) is 0 Å². The first-order valence-corrected chi connectivity index (χ1v) is 9.56. The Morgan fingerprint density at radius 1 is 0.812 bits per heavy atom. The van der Waals surface area contributed by atoms with Gasteiger partial charge in [-0.25, -0.2) is 4.79 Å². The molecular weight excluding hydrogens is 421 g/mol. The van der Waals surface area contributed by atoms with Crippen LogP contribution in [0.15, 0.2) is 78.9 Å². The highest BCUT2D eigenvalue weighted by Crippen LogP contribution is 2.35. The number of halogens is 3. The maximum absolute atomic E-state index is 12.9. The second-order valence-corrected chi connectivity index (χ2v) is 7.14. The molecule has 0 radical (unpaired) electrons. The van der Waals surface area contributed by atoms with Crippen LogP contribution in [0.4, 0.5) is 13.2 Å². The van der Waals surface area contributed by atoms with Gasteiger partial charge in [-0.1, -0.05) is 48.2 Å². The van der Waals surface area contributed by atoms with Crippen LogP contribution in [0.5, 0.6) is 17.2 Å². The summed E-state index contributed by atoms with van der Waals surface area (Å²) in [5.41, 5.74) is -0.483. The molecule has 0 aliphatic carbocycles. The maximum atomic E-state index is 12.9. The minimum absolute atomic E-state index is 0.00908. The van der Waals surface area contributed by atoms with Crippen molar-refractivity contribution in [2.24, 2.45) is 0 Å². The van der Waals surface area contributed by atoms with Crippen LogP contribution in [0.25, 0.3) is 0 Å². The SMILES string of the molecule is CC(C)(C#Cc1ccccc1)Oc1cc(C(=O)Oc2ccccc2)ccc1OC(F)(F)F. The van der Waals surface area contributed by atoms with E-state index in [9.17, 15) is 18.0 Å². The molecule has 7 heteroatoms. The van der Waals surface area contributed by atoms with E-state index in [1.165, 1.54) is 6.07 Å². The molecule has 3 rings (SSSR count). The van der Waals surface area contributed by atoms with Gasteiger partial charge in [0, 0.05) is 5.56 Å². The van der Waals surface area contributed by atoms with Gasteiger partial charge in [-0.2, -0.15) is 0 Å². The van der Waals surface area contributed by atoms with Crippen molar-refractivity contribution in [3.63, 3.8) is 0 Å². The Morgan fingerprint density at radius 3 is 2.06 bits per heavy atom. The van der Waals surface area contributed by atoms with E-state index in [4.69, 9.17) is 9.47 Å². The third-order valence-corrected chi connectivity index (χ3v) is 4.01. The molecular formula is C25H19F3O4. The second kappa shape index (κ2) is 9.48. The lowest BCUT2D eigenvalue weighted by atomic mass is 10.1. The predicted molar refractivity (Wildman–Crippen MR) is 113 cm³/mol. The molecule has 3 aromatic carbocycles. The molecule has 0 atom stereocenters. The fourth-order valence-electron chi connectivity index (χ4n) is 2.62. The molecule has 0 fully saturated rings. The fraction of sp³-hybridized carbons (Fsp3) is 0.160. The van der Waals surface area contributed by atoms with Crippen molar-refractivity contribution in [1.82, 2.24) is 0 Å². The zero-order valence-electron chi connectivity index (χ0n) is 17.3. The summed E-state index contributed by atoms with van der Waals surface area (Å²) < 4.78 is 53.7. The van der Waals surface area contributed by atoms with Gasteiger partial charge in [-0.05, 0) is 56.3 Å². The van der Waals surface area contributed by atoms with Crippen molar-refractivity contribution < 1.29 is 32.2 Å². The van der Waals surface area contributed by atoms with Gasteiger partial charge in [-0.15, -0.1) is 13.2 Å². The Kier molecular flexibility index (Phi) is 6.74. The number of para-hydroxylation sites is 1. The summed E-state index contributed by atoms with van der Waals surface area (Å²) in [4.78, 5) is 12.5. The highest BCUT2D eigenvalue weighted by molar-refractivity contribution is 5.91. The number of rotatable bonds is 5. The molecule has 32 heavy (non-hydrogen) atoms. The molecule has 0 spiro atoms. The van der Waals surface area contributed by atoms with E-state index in [-0.39, 0.29) is 11.3 Å². The molecule has 0 heterocycles. The molecule has 3 aromatic rings. The van der Waals surface area contributed by atoms with Gasteiger partial charge in [0.2, 0.25) is 0 Å². The summed E-state index contributed by atoms with van der Waals surface area (Å²) in [5.74, 6) is 4.44. The number of esters is 1. The van der Waals surface area contributed by atoms with Crippen molar-refractivity contribution in [1.29, 1.82) is 0 Å². The van der Waals surface area contributed by atoms with Crippen LogP contribution in [0.1, 0.15) is 29.8 Å². The molecule has 0 bridgehead atoms. The van der Waals surface area contributed by atoms with Gasteiger partial charge in [0.05, 0.1) is 5.56 Å². The molecule has 0 unspecified atom stereocenters. The van der Waals surface area contributed by atoms with Crippen LogP contribution in [-0.4, -0.2) is 17.9 Å². The highest BCUT2D eigenvalue weighted by atomic mass is 19.4. The Labute approximate surface area is 183 Å². The summed E-state index contributed by atoms with van der Waals surface area (Å²) in [6.07, 6.45) is -4.94. The Balaban J connectivity index is 1.89. The van der Waals surface area contributed by atoms with E-state index in [2.05, 4.69) is 16.6 Å². The Morgan fingerprint density at radius 2 is 1.44 bits per heavy atom. The van der Waals surface area contributed by atoms with Crippen LogP contribution in [0, 0.1) is 11.8 Å². The van der Waals surface area contributed by atoms with Crippen molar-refractivity contribution in [2.45, 2.75) is 25.8 Å². The average molecular weight is 440 g/mol. The van der Waals surface area contributed by atoms with E-state index in [1.54, 1.807) is 56.3 Å². The van der Waals surface area contributed by atoms with E-state index in [1.807, 2.05) is 18.2 Å². The number of ether oxygens (including phenoxy) is 3. The van der Waals surface area contributed by atoms with Crippen molar-refractivity contribution in [3.8, 4) is 29.1 Å². The number of hydrogen-bond donors (Lipinski definition) is 0. The van der Waals surface area contributed by atoms with Gasteiger partial charge in [0.1, 0.15) is 5.75 Å². The van der Waals surface area contributed by atoms with Crippen LogP contribution >= 0.6 is 0 Å². The zero-order valence-corrected chi connectivity index (χ0v) is 17.3. The monoisotopic (exact) mass is 440 g/mol. The van der Waals surface area contributed by atoms with Crippen molar-refractivity contribution >= 4 is 5.97 Å². The fourth-order valence-corrected chi connectivity index (χ4v) is 2.62. The predicted octanol–water partition coefficient (Wildman–Crippen LogP) is 6.01. The summed E-state index contributed by atoms with van der Waals surface area (Å²) in [6.45, 7) is 3.19. The number of carbonyl (C=O) groups excluding carboxylic acids is 1. The lowest BCUT2D eigenvalue weighted by Gasteiger charge is -2.23. The molecule has 0 aromatic heterocycles. The van der Waals surface area contributed by atoms with Crippen LogP contribution in [-0.2, 0) is 0 Å². The number of carbonyl (C=O) groups is 1. The molecule has 0 saturated carbocycles. The second-order valence-electron chi connectivity index (χ2n) is 7.14. The van der Waals surface area contributed by atoms with Gasteiger partial charge >= 0.3 is 12.3 Å². The average Bonchev–Trinajstić information content (AvgIpc) is 2.74. The lowest BCUT2D eigenvalue weighted by molar-refractivity contribution is -0.275. The first-order valence-electron chi connectivity index (χ1n) is 9.56. The van der Waals surface area contributed by atoms with Crippen LogP contribution < -0.4 is 14.2 Å². The van der Waals surface area contributed by atoms with Crippen LogP contribution in [0.2, 0.25) is 0 Å². The molecule has 0 amide bonds. The summed E-state index contributed by atoms with van der Waals surface area (Å²) in [6, 6.07) is 20.7. The minimum atomic E-state index is -4.94. The van der Waals surface area contributed by atoms with Gasteiger partial charge < -0.3 is 14.2 Å². The molecule has 0 aliphatic heterocycles. The van der Waals surface area contributed by atoms with Gasteiger partial charge in [-0.3, -0.25) is 0 Å². The first-order chi connectivity index (χ1) is 15.1. The maximum Gasteiger partial charge on any atom is 0.573 e. The van der Waals surface area contributed by atoms with E-state index in [0.717, 1.165) is 17.7 Å². The quantitative estimate of drug-likeness (QED) is 0.277. The molecule has 0 saturated heterocycles. The first kappa shape index (κ1) is 22.8. The highest BCUT2D eigenvalue weighted by Gasteiger charge is 2.33. The van der Waals surface area contributed by atoms with Crippen molar-refractivity contribution in [2.75, 3.05) is 0 Å². The summed E-state index contributed by atoms with van der Waals surface area (Å²) >= 11 is 0. The number of hydrogen-bond acceptors (Lipinski definition) is 4. The Hall–Kier alpha value is -3.92. The van der Waals surface area contributed by atoms with Gasteiger partial charge in [0.15, 0.2) is 17.1 Å².